The molecule has 0 aliphatic rings. The highest BCUT2D eigenvalue weighted by molar-refractivity contribution is 6.24. The van der Waals surface area contributed by atoms with E-state index >= 15 is 0 Å². The Labute approximate surface area is 313 Å². The summed E-state index contributed by atoms with van der Waals surface area (Å²) >= 11 is 0. The number of aromatic nitrogens is 3. The zero-order chi connectivity index (χ0) is 35.8. The van der Waals surface area contributed by atoms with Gasteiger partial charge in [0.05, 0.1) is 17.6 Å². The number of hydrogen-bond donors (Lipinski definition) is 0. The molecule has 0 bridgehead atoms. The van der Waals surface area contributed by atoms with Crippen LogP contribution in [0.1, 0.15) is 11.1 Å². The van der Waals surface area contributed by atoms with Gasteiger partial charge in [-0.25, -0.2) is 4.98 Å². The topological polar surface area (TPSA) is 43.1 Å². The molecule has 0 amide bonds. The molecule has 2 heterocycles. The van der Waals surface area contributed by atoms with Crippen LogP contribution in [0, 0.1) is 0 Å². The number of aliphatic imine (C=N–C) groups is 1. The smallest absolute Gasteiger partial charge is 0.146 e. The van der Waals surface area contributed by atoms with Crippen LogP contribution in [-0.4, -0.2) is 20.7 Å². The molecule has 2 aromatic heterocycles. The zero-order valence-electron chi connectivity index (χ0n) is 29.5. The Morgan fingerprint density at radius 3 is 1.89 bits per heavy atom. The number of hydrogen-bond acceptors (Lipinski definition) is 3. The van der Waals surface area contributed by atoms with Crippen LogP contribution in [0.4, 0.5) is 0 Å². The van der Waals surface area contributed by atoms with Crippen LogP contribution in [0.25, 0.3) is 82.7 Å². The Hall–Kier alpha value is -7.17. The first-order valence-electron chi connectivity index (χ1n) is 18.3. The summed E-state index contributed by atoms with van der Waals surface area (Å²) in [4.78, 5) is 14.7. The van der Waals surface area contributed by atoms with E-state index in [1.807, 2.05) is 24.7 Å². The molecule has 0 N–H and O–H groups in total. The molecule has 10 aromatic rings. The maximum Gasteiger partial charge on any atom is 0.146 e. The molecule has 0 radical (unpaired) electrons. The van der Waals surface area contributed by atoms with Gasteiger partial charge in [-0.3, -0.25) is 14.5 Å². The highest BCUT2D eigenvalue weighted by Gasteiger charge is 2.21. The predicted molar refractivity (Wildman–Crippen MR) is 225 cm³/mol. The number of imidazole rings is 1. The van der Waals surface area contributed by atoms with E-state index in [-0.39, 0.29) is 0 Å². The highest BCUT2D eigenvalue weighted by Crippen LogP contribution is 2.40. The van der Waals surface area contributed by atoms with Gasteiger partial charge in [0.25, 0.3) is 0 Å². The summed E-state index contributed by atoms with van der Waals surface area (Å²) in [5, 5.41) is 6.91. The normalized spacial score (nSPS) is 11.7. The van der Waals surface area contributed by atoms with Gasteiger partial charge in [-0.2, -0.15) is 0 Å². The lowest BCUT2D eigenvalue weighted by atomic mass is 10.0. The van der Waals surface area contributed by atoms with Crippen LogP contribution in [0.5, 0.6) is 0 Å². The first-order chi connectivity index (χ1) is 26.8. The van der Waals surface area contributed by atoms with E-state index < -0.39 is 0 Å². The largest absolute Gasteiger partial charge is 0.292 e. The second kappa shape index (κ2) is 13.4. The number of nitrogens with zero attached hydrogens (tertiary/aromatic N) is 4. The fourth-order valence-electron chi connectivity index (χ4n) is 7.71. The molecule has 10 rings (SSSR count). The minimum atomic E-state index is 0.642. The summed E-state index contributed by atoms with van der Waals surface area (Å²) in [5.74, 6) is 0.909. The Kier molecular flexibility index (Phi) is 7.85. The summed E-state index contributed by atoms with van der Waals surface area (Å²) in [6.07, 6.45) is 5.78. The van der Waals surface area contributed by atoms with Crippen molar-refractivity contribution < 1.29 is 0 Å². The third-order valence-corrected chi connectivity index (χ3v) is 10.4. The Bertz CT molecular complexity index is 2970. The van der Waals surface area contributed by atoms with Gasteiger partial charge < -0.3 is 0 Å². The molecule has 4 heteroatoms. The molecule has 0 aliphatic heterocycles. The van der Waals surface area contributed by atoms with Crippen molar-refractivity contribution >= 4 is 49.6 Å². The van der Waals surface area contributed by atoms with Crippen molar-refractivity contribution in [2.24, 2.45) is 4.99 Å². The molecule has 0 atom stereocenters. The first kappa shape index (κ1) is 31.6. The van der Waals surface area contributed by atoms with Crippen LogP contribution in [-0.2, 0) is 6.54 Å². The number of rotatable bonds is 7. The number of pyridine rings is 1. The van der Waals surface area contributed by atoms with Crippen molar-refractivity contribution in [1.82, 2.24) is 14.5 Å². The van der Waals surface area contributed by atoms with Gasteiger partial charge in [-0.1, -0.05) is 158 Å². The average Bonchev–Trinajstić information content (AvgIpc) is 3.65. The second-order valence-corrected chi connectivity index (χ2v) is 13.7. The van der Waals surface area contributed by atoms with E-state index in [1.165, 1.54) is 32.8 Å². The third kappa shape index (κ3) is 5.62. The van der Waals surface area contributed by atoms with Gasteiger partial charge in [0.1, 0.15) is 5.82 Å². The van der Waals surface area contributed by atoms with Crippen molar-refractivity contribution in [3.63, 3.8) is 0 Å². The molecule has 54 heavy (non-hydrogen) atoms. The molecule has 4 nitrogen and oxygen atoms in total. The minimum absolute atomic E-state index is 0.642. The standard InChI is InChI=1S/C50H34N4/c1-2-9-36(10-3-1)37-21-17-34(18-22-37)31-52-32-35-19-23-38(24-20-35)39-25-27-41(28-26-39)54-49-45-15-7-6-14-43(45)44-29-30-51-33-47(44)48(49)53-50(54)46-16-8-12-40-11-4-5-13-42(40)46/h1-30,32-33H,31H2/b52-32+. The lowest BCUT2D eigenvalue weighted by molar-refractivity contribution is 1.08. The predicted octanol–water partition coefficient (Wildman–Crippen LogP) is 12.5. The third-order valence-electron chi connectivity index (χ3n) is 10.4. The summed E-state index contributed by atoms with van der Waals surface area (Å²) in [7, 11) is 0. The molecular weight excluding hydrogens is 657 g/mol. The Balaban J connectivity index is 0.995. The van der Waals surface area contributed by atoms with E-state index in [0.29, 0.717) is 6.54 Å². The molecule has 8 aromatic carbocycles. The van der Waals surface area contributed by atoms with Crippen LogP contribution >= 0.6 is 0 Å². The molecule has 0 fully saturated rings. The number of benzene rings is 8. The van der Waals surface area contributed by atoms with E-state index in [9.17, 15) is 0 Å². The molecular formula is C50H34N4. The molecule has 0 saturated heterocycles. The molecule has 0 spiro atoms. The fraction of sp³-hybridized carbons (Fsp3) is 0.0200. The average molecular weight is 691 g/mol. The molecule has 0 saturated carbocycles. The van der Waals surface area contributed by atoms with E-state index in [1.54, 1.807) is 0 Å². The molecule has 254 valence electrons. The van der Waals surface area contributed by atoms with E-state index in [4.69, 9.17) is 9.98 Å². The second-order valence-electron chi connectivity index (χ2n) is 13.7. The molecule has 0 unspecified atom stereocenters. The highest BCUT2D eigenvalue weighted by atomic mass is 15.1. The summed E-state index contributed by atoms with van der Waals surface area (Å²) < 4.78 is 2.34. The van der Waals surface area contributed by atoms with Crippen molar-refractivity contribution in [2.45, 2.75) is 6.54 Å². The van der Waals surface area contributed by atoms with Crippen LogP contribution < -0.4 is 0 Å². The lowest BCUT2D eigenvalue weighted by Gasteiger charge is -2.14. The fourth-order valence-corrected chi connectivity index (χ4v) is 7.71. The molecule has 0 aliphatic carbocycles. The maximum absolute atomic E-state index is 5.45. The van der Waals surface area contributed by atoms with Gasteiger partial charge in [0.2, 0.25) is 0 Å². The summed E-state index contributed by atoms with van der Waals surface area (Å²) in [6.45, 7) is 0.642. The van der Waals surface area contributed by atoms with E-state index in [2.05, 4.69) is 179 Å². The monoisotopic (exact) mass is 690 g/mol. The van der Waals surface area contributed by atoms with E-state index in [0.717, 1.165) is 61.0 Å². The van der Waals surface area contributed by atoms with Gasteiger partial charge in [0, 0.05) is 40.6 Å². The summed E-state index contributed by atoms with van der Waals surface area (Å²) in [5.41, 5.74) is 11.2. The van der Waals surface area contributed by atoms with Gasteiger partial charge in [-0.15, -0.1) is 0 Å². The van der Waals surface area contributed by atoms with Crippen LogP contribution in [0.3, 0.4) is 0 Å². The quantitative estimate of drug-likeness (QED) is 0.123. The summed E-state index contributed by atoms with van der Waals surface area (Å²) in [6, 6.07) is 62.3. The Morgan fingerprint density at radius 2 is 1.11 bits per heavy atom. The number of fused-ring (bicyclic) bond motifs is 7. The van der Waals surface area contributed by atoms with Crippen molar-refractivity contribution in [3.05, 3.63) is 199 Å². The van der Waals surface area contributed by atoms with Crippen LogP contribution in [0.15, 0.2) is 193 Å². The van der Waals surface area contributed by atoms with Gasteiger partial charge in [-0.05, 0) is 73.1 Å². The lowest BCUT2D eigenvalue weighted by Crippen LogP contribution is -1.99. The Morgan fingerprint density at radius 1 is 0.500 bits per heavy atom. The van der Waals surface area contributed by atoms with Crippen molar-refractivity contribution in [2.75, 3.05) is 0 Å². The maximum atomic E-state index is 5.45. The van der Waals surface area contributed by atoms with Crippen molar-refractivity contribution in [1.29, 1.82) is 0 Å². The van der Waals surface area contributed by atoms with Crippen molar-refractivity contribution in [3.8, 4) is 39.3 Å². The van der Waals surface area contributed by atoms with Crippen LogP contribution in [0.2, 0.25) is 0 Å². The minimum Gasteiger partial charge on any atom is -0.292 e. The zero-order valence-corrected chi connectivity index (χ0v) is 29.5. The van der Waals surface area contributed by atoms with Gasteiger partial charge >= 0.3 is 0 Å². The van der Waals surface area contributed by atoms with Gasteiger partial charge in [0.15, 0.2) is 0 Å². The first-order valence-corrected chi connectivity index (χ1v) is 18.3. The SMILES string of the molecule is C(=N\Cc1ccc(-c2ccccc2)cc1)/c1ccc(-c2ccc(-n3c(-c4cccc5ccccc45)nc4c5cnccc5c5ccccc5c43)cc2)cc1.